The number of nitrogens with one attached hydrogen (secondary N) is 1. The molecule has 1 aliphatic heterocycles. The fourth-order valence-electron chi connectivity index (χ4n) is 4.78. The van der Waals surface area contributed by atoms with Crippen LogP contribution in [0.4, 0.5) is 0 Å². The standard InChI is InChI=1S/C28H33NO3Si/c1-28(2,3)33(23-15-9-5-10-16-23,24-17-11-6-12-18-24)31-21-26-25(19-27(30)32-26)29-20-22-13-7-4-8-14-22/h4-18,25-26,29H,19-21H2,1-3H3/t25-,26+/m0/s1. The first-order valence-electron chi connectivity index (χ1n) is 11.6. The van der Waals surface area contributed by atoms with Crippen LogP contribution in [0.2, 0.25) is 5.04 Å². The van der Waals surface area contributed by atoms with Crippen molar-refractivity contribution in [2.75, 3.05) is 6.61 Å². The van der Waals surface area contributed by atoms with Gasteiger partial charge in [0.2, 0.25) is 0 Å². The molecule has 0 radical (unpaired) electrons. The zero-order chi connectivity index (χ0) is 23.3. The summed E-state index contributed by atoms with van der Waals surface area (Å²) in [6, 6.07) is 31.2. The van der Waals surface area contributed by atoms with Gasteiger partial charge in [-0.2, -0.15) is 0 Å². The normalized spacial score (nSPS) is 18.8. The summed E-state index contributed by atoms with van der Waals surface area (Å²) in [5.41, 5.74) is 1.18. The van der Waals surface area contributed by atoms with Gasteiger partial charge in [-0.3, -0.25) is 4.79 Å². The highest BCUT2D eigenvalue weighted by Crippen LogP contribution is 2.37. The summed E-state index contributed by atoms with van der Waals surface area (Å²) in [6.07, 6.45) is 0.0459. The molecule has 1 heterocycles. The molecule has 0 aliphatic carbocycles. The molecule has 4 rings (SSSR count). The number of ether oxygens (including phenoxy) is 1. The van der Waals surface area contributed by atoms with Crippen LogP contribution in [0.3, 0.4) is 0 Å². The van der Waals surface area contributed by atoms with E-state index in [1.807, 2.05) is 30.3 Å². The second-order valence-corrected chi connectivity index (χ2v) is 14.0. The molecule has 2 atom stereocenters. The number of carbonyl (C=O) groups excluding carboxylic acids is 1. The molecule has 1 aliphatic rings. The van der Waals surface area contributed by atoms with Gasteiger partial charge in [0, 0.05) is 6.54 Å². The minimum atomic E-state index is -2.67. The minimum absolute atomic E-state index is 0.0732. The summed E-state index contributed by atoms with van der Waals surface area (Å²) < 4.78 is 12.7. The lowest BCUT2D eigenvalue weighted by Gasteiger charge is -2.43. The van der Waals surface area contributed by atoms with E-state index >= 15 is 0 Å². The summed E-state index contributed by atoms with van der Waals surface area (Å²) in [4.78, 5) is 12.2. The van der Waals surface area contributed by atoms with Gasteiger partial charge in [-0.1, -0.05) is 112 Å². The highest BCUT2D eigenvalue weighted by Gasteiger charge is 2.51. The Kier molecular flexibility index (Phi) is 7.13. The van der Waals surface area contributed by atoms with Crippen LogP contribution in [0, 0.1) is 0 Å². The fourth-order valence-corrected chi connectivity index (χ4v) is 9.35. The molecule has 4 nitrogen and oxygen atoms in total. The van der Waals surface area contributed by atoms with Crippen molar-refractivity contribution in [2.24, 2.45) is 0 Å². The first-order chi connectivity index (χ1) is 15.9. The summed E-state index contributed by atoms with van der Waals surface area (Å²) in [5, 5.41) is 5.85. The van der Waals surface area contributed by atoms with E-state index in [0.29, 0.717) is 19.6 Å². The van der Waals surface area contributed by atoms with E-state index in [9.17, 15) is 4.79 Å². The number of esters is 1. The average molecular weight is 460 g/mol. The first kappa shape index (κ1) is 23.4. The molecule has 0 saturated carbocycles. The molecular formula is C28H33NO3Si. The predicted molar refractivity (Wildman–Crippen MR) is 135 cm³/mol. The highest BCUT2D eigenvalue weighted by molar-refractivity contribution is 6.99. The molecular weight excluding hydrogens is 426 g/mol. The van der Waals surface area contributed by atoms with Gasteiger partial charge in [-0.15, -0.1) is 0 Å². The summed E-state index contributed by atoms with van der Waals surface area (Å²) in [6.45, 7) is 7.82. The van der Waals surface area contributed by atoms with Gasteiger partial charge in [-0.05, 0) is 21.0 Å². The van der Waals surface area contributed by atoms with Crippen molar-refractivity contribution < 1.29 is 14.0 Å². The Morgan fingerprint density at radius 3 is 1.91 bits per heavy atom. The molecule has 0 amide bonds. The van der Waals surface area contributed by atoms with Gasteiger partial charge in [0.15, 0.2) is 0 Å². The van der Waals surface area contributed by atoms with Crippen LogP contribution in [0.25, 0.3) is 0 Å². The molecule has 0 aromatic heterocycles. The lowest BCUT2D eigenvalue weighted by Crippen LogP contribution is -2.67. The van der Waals surface area contributed by atoms with Gasteiger partial charge in [0.1, 0.15) is 6.10 Å². The Morgan fingerprint density at radius 2 is 1.39 bits per heavy atom. The van der Waals surface area contributed by atoms with Gasteiger partial charge < -0.3 is 14.5 Å². The maximum absolute atomic E-state index is 12.2. The van der Waals surface area contributed by atoms with Crippen LogP contribution in [-0.4, -0.2) is 33.0 Å². The Hall–Kier alpha value is -2.73. The number of cyclic esters (lactones) is 1. The third-order valence-corrected chi connectivity index (χ3v) is 11.4. The van der Waals surface area contributed by atoms with Crippen LogP contribution in [0.5, 0.6) is 0 Å². The second-order valence-electron chi connectivity index (χ2n) is 9.68. The Balaban J connectivity index is 1.60. The zero-order valence-electron chi connectivity index (χ0n) is 19.7. The summed E-state index contributed by atoms with van der Waals surface area (Å²) >= 11 is 0. The number of hydrogen-bond donors (Lipinski definition) is 1. The van der Waals surface area contributed by atoms with Crippen molar-refractivity contribution >= 4 is 24.7 Å². The summed E-state index contributed by atoms with van der Waals surface area (Å²) in [7, 11) is -2.67. The van der Waals surface area contributed by atoms with E-state index in [4.69, 9.17) is 9.16 Å². The molecule has 0 spiro atoms. The number of hydrogen-bond acceptors (Lipinski definition) is 4. The Morgan fingerprint density at radius 1 is 0.879 bits per heavy atom. The quantitative estimate of drug-likeness (QED) is 0.408. The van der Waals surface area contributed by atoms with Crippen molar-refractivity contribution in [1.82, 2.24) is 5.32 Å². The molecule has 1 saturated heterocycles. The van der Waals surface area contributed by atoms with Gasteiger partial charge in [0.25, 0.3) is 8.32 Å². The fraction of sp³-hybridized carbons (Fsp3) is 0.321. The van der Waals surface area contributed by atoms with E-state index in [1.165, 1.54) is 15.9 Å². The zero-order valence-corrected chi connectivity index (χ0v) is 20.7. The number of benzene rings is 3. The van der Waals surface area contributed by atoms with Crippen molar-refractivity contribution in [2.45, 2.75) is 50.9 Å². The SMILES string of the molecule is CC(C)(C)[Si](OC[C@H]1OC(=O)C[C@@H]1NCc1ccccc1)(c1ccccc1)c1ccccc1. The molecule has 3 aromatic carbocycles. The molecule has 0 unspecified atom stereocenters. The second kappa shape index (κ2) is 10.0. The maximum Gasteiger partial charge on any atom is 0.307 e. The van der Waals surface area contributed by atoms with Crippen molar-refractivity contribution in [3.63, 3.8) is 0 Å². The van der Waals surface area contributed by atoms with Crippen LogP contribution >= 0.6 is 0 Å². The molecule has 1 N–H and O–H groups in total. The monoisotopic (exact) mass is 459 g/mol. The predicted octanol–water partition coefficient (Wildman–Crippen LogP) is 4.04. The van der Waals surface area contributed by atoms with Crippen molar-refractivity contribution in [3.8, 4) is 0 Å². The number of rotatable bonds is 8. The molecule has 33 heavy (non-hydrogen) atoms. The lowest BCUT2D eigenvalue weighted by molar-refractivity contribution is -0.142. The van der Waals surface area contributed by atoms with Crippen LogP contribution in [0.15, 0.2) is 91.0 Å². The van der Waals surface area contributed by atoms with Crippen molar-refractivity contribution in [1.29, 1.82) is 0 Å². The van der Waals surface area contributed by atoms with Crippen molar-refractivity contribution in [3.05, 3.63) is 96.6 Å². The minimum Gasteiger partial charge on any atom is -0.458 e. The van der Waals surface area contributed by atoms with Gasteiger partial charge in [0.05, 0.1) is 19.1 Å². The summed E-state index contributed by atoms with van der Waals surface area (Å²) in [5.74, 6) is -0.170. The van der Waals surface area contributed by atoms with Crippen LogP contribution < -0.4 is 15.7 Å². The first-order valence-corrected chi connectivity index (χ1v) is 13.5. The molecule has 0 bridgehead atoms. The lowest BCUT2D eigenvalue weighted by atomic mass is 10.1. The number of carbonyl (C=O) groups is 1. The van der Waals surface area contributed by atoms with E-state index in [-0.39, 0.29) is 23.2 Å². The van der Waals surface area contributed by atoms with E-state index < -0.39 is 8.32 Å². The van der Waals surface area contributed by atoms with Gasteiger partial charge in [-0.25, -0.2) is 0 Å². The maximum atomic E-state index is 12.2. The van der Waals surface area contributed by atoms with E-state index in [0.717, 1.165) is 0 Å². The molecule has 1 fully saturated rings. The van der Waals surface area contributed by atoms with Crippen LogP contribution in [0.1, 0.15) is 32.8 Å². The average Bonchev–Trinajstić information content (AvgIpc) is 3.18. The third kappa shape index (κ3) is 5.11. The highest BCUT2D eigenvalue weighted by atomic mass is 28.4. The van der Waals surface area contributed by atoms with Crippen LogP contribution in [-0.2, 0) is 20.5 Å². The largest absolute Gasteiger partial charge is 0.458 e. The molecule has 5 heteroatoms. The third-order valence-electron chi connectivity index (χ3n) is 6.41. The molecule has 3 aromatic rings. The smallest absolute Gasteiger partial charge is 0.307 e. The van der Waals surface area contributed by atoms with E-state index in [2.05, 4.69) is 86.8 Å². The molecule has 172 valence electrons. The topological polar surface area (TPSA) is 47.6 Å². The van der Waals surface area contributed by atoms with E-state index in [1.54, 1.807) is 0 Å². The Labute approximate surface area is 198 Å². The Bertz CT molecular complexity index is 996. The van der Waals surface area contributed by atoms with Gasteiger partial charge >= 0.3 is 5.97 Å².